The lowest BCUT2D eigenvalue weighted by Gasteiger charge is -2.39. The van der Waals surface area contributed by atoms with E-state index in [0.29, 0.717) is 12.0 Å². The van der Waals surface area contributed by atoms with Crippen molar-refractivity contribution in [3.63, 3.8) is 0 Å². The van der Waals surface area contributed by atoms with E-state index in [1.165, 1.54) is 5.56 Å². The summed E-state index contributed by atoms with van der Waals surface area (Å²) in [5, 5.41) is 3.28. The summed E-state index contributed by atoms with van der Waals surface area (Å²) in [5.41, 5.74) is 1.34. The van der Waals surface area contributed by atoms with Gasteiger partial charge in [-0.1, -0.05) is 57.0 Å². The maximum absolute atomic E-state index is 13.0. The van der Waals surface area contributed by atoms with Crippen LogP contribution in [0.3, 0.4) is 0 Å². The number of hydrogen-bond donors (Lipinski definition) is 1. The molecule has 6 nitrogen and oxygen atoms in total. The maximum Gasteiger partial charge on any atom is 0.317 e. The van der Waals surface area contributed by atoms with Crippen LogP contribution in [-0.4, -0.2) is 85.8 Å². The normalized spacial score (nSPS) is 20.2. The number of hydrogen-bond acceptors (Lipinski definition) is 4. The SMILES string of the molecule is CCC(CC)C(CNC(=O)N1CCCN(Cc2ccccc2)CC1)N1CCOCC1. The highest BCUT2D eigenvalue weighted by molar-refractivity contribution is 5.74. The predicted molar refractivity (Wildman–Crippen MR) is 122 cm³/mol. The second-order valence-electron chi connectivity index (χ2n) is 8.58. The Morgan fingerprint density at radius 2 is 1.73 bits per heavy atom. The third kappa shape index (κ3) is 6.69. The smallest absolute Gasteiger partial charge is 0.317 e. The van der Waals surface area contributed by atoms with Crippen LogP contribution in [0.25, 0.3) is 0 Å². The van der Waals surface area contributed by atoms with Gasteiger partial charge in [0.15, 0.2) is 0 Å². The van der Waals surface area contributed by atoms with Crippen LogP contribution in [0.1, 0.15) is 38.7 Å². The van der Waals surface area contributed by atoms with E-state index in [2.05, 4.69) is 59.3 Å². The van der Waals surface area contributed by atoms with Crippen LogP contribution in [0.4, 0.5) is 4.79 Å². The predicted octanol–water partition coefficient (Wildman–Crippen LogP) is 3.04. The molecule has 2 saturated heterocycles. The molecule has 2 fully saturated rings. The van der Waals surface area contributed by atoms with Gasteiger partial charge in [-0.05, 0) is 17.9 Å². The fourth-order valence-electron chi connectivity index (χ4n) is 4.81. The minimum absolute atomic E-state index is 0.0979. The minimum atomic E-state index is 0.0979. The van der Waals surface area contributed by atoms with Gasteiger partial charge in [0, 0.05) is 58.4 Å². The topological polar surface area (TPSA) is 48.1 Å². The van der Waals surface area contributed by atoms with Gasteiger partial charge in [0.25, 0.3) is 0 Å². The summed E-state index contributed by atoms with van der Waals surface area (Å²) >= 11 is 0. The number of amides is 2. The van der Waals surface area contributed by atoms with E-state index in [1.807, 2.05) is 4.90 Å². The van der Waals surface area contributed by atoms with Crippen molar-refractivity contribution in [3.8, 4) is 0 Å². The number of nitrogens with one attached hydrogen (secondary N) is 1. The number of urea groups is 1. The van der Waals surface area contributed by atoms with Gasteiger partial charge in [-0.15, -0.1) is 0 Å². The molecule has 1 unspecified atom stereocenters. The van der Waals surface area contributed by atoms with Gasteiger partial charge < -0.3 is 15.0 Å². The zero-order valence-electron chi connectivity index (χ0n) is 18.9. The summed E-state index contributed by atoms with van der Waals surface area (Å²) in [4.78, 5) is 19.9. The molecule has 1 atom stereocenters. The van der Waals surface area contributed by atoms with E-state index >= 15 is 0 Å². The monoisotopic (exact) mass is 416 g/mol. The van der Waals surface area contributed by atoms with Gasteiger partial charge >= 0.3 is 6.03 Å². The van der Waals surface area contributed by atoms with Crippen LogP contribution in [0.2, 0.25) is 0 Å². The fourth-order valence-corrected chi connectivity index (χ4v) is 4.81. The summed E-state index contributed by atoms with van der Waals surface area (Å²) in [6, 6.07) is 11.1. The molecule has 1 aromatic rings. The quantitative estimate of drug-likeness (QED) is 0.708. The molecule has 1 aromatic carbocycles. The van der Waals surface area contributed by atoms with Gasteiger partial charge in [0.05, 0.1) is 13.2 Å². The summed E-state index contributed by atoms with van der Waals surface area (Å²) in [5.74, 6) is 0.605. The molecular weight excluding hydrogens is 376 g/mol. The highest BCUT2D eigenvalue weighted by Gasteiger charge is 2.28. The zero-order valence-corrected chi connectivity index (χ0v) is 18.9. The van der Waals surface area contributed by atoms with Gasteiger partial charge in [-0.3, -0.25) is 9.80 Å². The Morgan fingerprint density at radius 3 is 2.43 bits per heavy atom. The zero-order chi connectivity index (χ0) is 21.2. The van der Waals surface area contributed by atoms with E-state index in [1.54, 1.807) is 0 Å². The van der Waals surface area contributed by atoms with Gasteiger partial charge in [-0.2, -0.15) is 0 Å². The lowest BCUT2D eigenvalue weighted by molar-refractivity contribution is 0.00212. The Labute approximate surface area is 182 Å². The van der Waals surface area contributed by atoms with E-state index < -0.39 is 0 Å². The van der Waals surface area contributed by atoms with Crippen molar-refractivity contribution >= 4 is 6.03 Å². The molecule has 0 radical (unpaired) electrons. The molecule has 0 aromatic heterocycles. The lowest BCUT2D eigenvalue weighted by atomic mass is 9.92. The Hall–Kier alpha value is -1.63. The van der Waals surface area contributed by atoms with Crippen molar-refractivity contribution in [2.75, 3.05) is 59.0 Å². The highest BCUT2D eigenvalue weighted by Crippen LogP contribution is 2.20. The van der Waals surface area contributed by atoms with Gasteiger partial charge in [-0.25, -0.2) is 4.79 Å². The number of rotatable bonds is 8. The first-order valence-corrected chi connectivity index (χ1v) is 11.8. The molecule has 2 heterocycles. The summed E-state index contributed by atoms with van der Waals surface area (Å²) < 4.78 is 5.54. The largest absolute Gasteiger partial charge is 0.379 e. The van der Waals surface area contributed by atoms with Crippen molar-refractivity contribution in [2.24, 2.45) is 5.92 Å². The second-order valence-corrected chi connectivity index (χ2v) is 8.58. The lowest BCUT2D eigenvalue weighted by Crippen LogP contribution is -2.53. The molecule has 3 rings (SSSR count). The van der Waals surface area contributed by atoms with Crippen LogP contribution >= 0.6 is 0 Å². The fraction of sp³-hybridized carbons (Fsp3) is 0.708. The molecule has 1 N–H and O–H groups in total. The number of ether oxygens (including phenoxy) is 1. The van der Waals surface area contributed by atoms with Crippen LogP contribution < -0.4 is 5.32 Å². The third-order valence-electron chi connectivity index (χ3n) is 6.69. The standard InChI is InChI=1S/C24H40N4O2/c1-3-22(4-2)23(27-15-17-30-18-16-27)19-25-24(29)28-12-8-11-26(13-14-28)20-21-9-6-5-7-10-21/h5-7,9-10,22-23H,3-4,8,11-20H2,1-2H3,(H,25,29). The Morgan fingerprint density at radius 1 is 1.00 bits per heavy atom. The molecular formula is C24H40N4O2. The number of benzene rings is 1. The van der Waals surface area contributed by atoms with Crippen molar-refractivity contribution in [1.82, 2.24) is 20.0 Å². The molecule has 0 bridgehead atoms. The van der Waals surface area contributed by atoms with Crippen LogP contribution in [0.15, 0.2) is 30.3 Å². The Kier molecular flexibility index (Phi) is 9.43. The number of morpholine rings is 1. The van der Waals surface area contributed by atoms with Gasteiger partial charge in [0.2, 0.25) is 0 Å². The third-order valence-corrected chi connectivity index (χ3v) is 6.69. The summed E-state index contributed by atoms with van der Waals surface area (Å²) in [6.07, 6.45) is 3.32. The number of nitrogens with zero attached hydrogens (tertiary/aromatic N) is 3. The number of carbonyl (C=O) groups is 1. The molecule has 30 heavy (non-hydrogen) atoms. The minimum Gasteiger partial charge on any atom is -0.379 e. The maximum atomic E-state index is 13.0. The Balaban J connectivity index is 1.50. The molecule has 168 valence electrons. The first-order chi connectivity index (χ1) is 14.7. The van der Waals surface area contributed by atoms with E-state index in [4.69, 9.17) is 4.74 Å². The van der Waals surface area contributed by atoms with E-state index in [0.717, 1.165) is 84.8 Å². The van der Waals surface area contributed by atoms with E-state index in [-0.39, 0.29) is 6.03 Å². The summed E-state index contributed by atoms with van der Waals surface area (Å²) in [7, 11) is 0. The molecule has 2 aliphatic rings. The summed E-state index contributed by atoms with van der Waals surface area (Å²) in [6.45, 7) is 13.4. The van der Waals surface area contributed by atoms with Crippen LogP contribution in [-0.2, 0) is 11.3 Å². The average Bonchev–Trinajstić information content (AvgIpc) is 3.03. The van der Waals surface area contributed by atoms with Crippen LogP contribution in [0.5, 0.6) is 0 Å². The highest BCUT2D eigenvalue weighted by atomic mass is 16.5. The average molecular weight is 417 g/mol. The second kappa shape index (κ2) is 12.3. The van der Waals surface area contributed by atoms with Crippen molar-refractivity contribution in [2.45, 2.75) is 45.7 Å². The molecule has 2 amide bonds. The molecule has 0 spiro atoms. The number of carbonyl (C=O) groups excluding carboxylic acids is 1. The van der Waals surface area contributed by atoms with Crippen molar-refractivity contribution < 1.29 is 9.53 Å². The Bertz CT molecular complexity index is 617. The van der Waals surface area contributed by atoms with Crippen LogP contribution in [0, 0.1) is 5.92 Å². The molecule has 0 aliphatic carbocycles. The first-order valence-electron chi connectivity index (χ1n) is 11.8. The van der Waals surface area contributed by atoms with Gasteiger partial charge in [0.1, 0.15) is 0 Å². The van der Waals surface area contributed by atoms with Crippen molar-refractivity contribution in [3.05, 3.63) is 35.9 Å². The molecule has 6 heteroatoms. The molecule has 2 aliphatic heterocycles. The van der Waals surface area contributed by atoms with Crippen molar-refractivity contribution in [1.29, 1.82) is 0 Å². The van der Waals surface area contributed by atoms with E-state index in [9.17, 15) is 4.79 Å². The first kappa shape index (κ1) is 23.0. The molecule has 0 saturated carbocycles.